The third-order valence-corrected chi connectivity index (χ3v) is 6.77. The van der Waals surface area contributed by atoms with Gasteiger partial charge in [0, 0.05) is 25.5 Å². The van der Waals surface area contributed by atoms with Crippen LogP contribution >= 0.6 is 0 Å². The third kappa shape index (κ3) is 6.35. The monoisotopic (exact) mass is 387 g/mol. The smallest absolute Gasteiger partial charge is 0.0886 e. The molecule has 2 saturated carbocycles. The lowest BCUT2D eigenvalue weighted by Crippen LogP contribution is -2.37. The molecule has 0 aromatic carbocycles. The maximum Gasteiger partial charge on any atom is 0.0886 e. The van der Waals surface area contributed by atoms with E-state index in [4.69, 9.17) is 15.2 Å². The molecule has 0 aromatic heterocycles. The Hall–Kier alpha value is -1.32. The van der Waals surface area contributed by atoms with Crippen molar-refractivity contribution >= 4 is 0 Å². The molecule has 0 bridgehead atoms. The summed E-state index contributed by atoms with van der Waals surface area (Å²) in [7, 11) is 3.51. The largest absolute Gasteiger partial charge is 0.502 e. The number of hydrogen-bond acceptors (Lipinski definition) is 3. The van der Waals surface area contributed by atoms with Crippen LogP contribution in [0.2, 0.25) is 0 Å². The van der Waals surface area contributed by atoms with E-state index in [9.17, 15) is 0 Å². The minimum absolute atomic E-state index is 0.0137. The molecule has 0 amide bonds. The zero-order valence-corrected chi connectivity index (χ0v) is 18.2. The lowest BCUT2D eigenvalue weighted by atomic mass is 9.64. The number of methoxy groups -OCH3 is 2. The molecule has 0 radical (unpaired) electrons. The number of allylic oxidation sites excluding steroid dienone is 4. The minimum atomic E-state index is 0.0137. The van der Waals surface area contributed by atoms with Gasteiger partial charge in [-0.3, -0.25) is 0 Å². The van der Waals surface area contributed by atoms with Crippen molar-refractivity contribution in [3.8, 4) is 0 Å². The van der Waals surface area contributed by atoms with E-state index in [2.05, 4.69) is 25.3 Å². The molecule has 0 saturated heterocycles. The summed E-state index contributed by atoms with van der Waals surface area (Å²) < 4.78 is 10.9. The van der Waals surface area contributed by atoms with E-state index in [-0.39, 0.29) is 5.41 Å². The second kappa shape index (κ2) is 11.6. The van der Waals surface area contributed by atoms with Gasteiger partial charge in [0.15, 0.2) is 0 Å². The predicted molar refractivity (Wildman–Crippen MR) is 119 cm³/mol. The van der Waals surface area contributed by atoms with Gasteiger partial charge >= 0.3 is 0 Å². The molecule has 0 spiro atoms. The van der Waals surface area contributed by atoms with E-state index < -0.39 is 0 Å². The summed E-state index contributed by atoms with van der Waals surface area (Å²) in [6.45, 7) is 9.40. The van der Waals surface area contributed by atoms with E-state index in [0.29, 0.717) is 19.1 Å². The Morgan fingerprint density at radius 1 is 1.11 bits per heavy atom. The molecule has 0 aromatic rings. The number of rotatable bonds is 11. The predicted octanol–water partition coefficient (Wildman–Crippen LogP) is 5.94. The van der Waals surface area contributed by atoms with Crippen molar-refractivity contribution < 1.29 is 9.47 Å². The molecular formula is C25H41NO2. The van der Waals surface area contributed by atoms with Crippen LogP contribution in [0.15, 0.2) is 48.3 Å². The van der Waals surface area contributed by atoms with E-state index in [1.165, 1.54) is 49.7 Å². The fourth-order valence-electron chi connectivity index (χ4n) is 5.29. The Morgan fingerprint density at radius 2 is 1.82 bits per heavy atom. The second-order valence-electron chi connectivity index (χ2n) is 8.84. The van der Waals surface area contributed by atoms with Gasteiger partial charge in [-0.15, -0.1) is 0 Å². The Labute approximate surface area is 172 Å². The van der Waals surface area contributed by atoms with Gasteiger partial charge < -0.3 is 15.2 Å². The van der Waals surface area contributed by atoms with Gasteiger partial charge in [0.25, 0.3) is 0 Å². The van der Waals surface area contributed by atoms with Gasteiger partial charge in [0.1, 0.15) is 0 Å². The normalized spacial score (nSPS) is 27.0. The third-order valence-electron chi connectivity index (χ3n) is 6.77. The Bertz CT molecular complexity index is 571. The van der Waals surface area contributed by atoms with E-state index >= 15 is 0 Å². The summed E-state index contributed by atoms with van der Waals surface area (Å²) in [5, 5.41) is 0. The van der Waals surface area contributed by atoms with Crippen LogP contribution in [0, 0.1) is 17.3 Å². The lowest BCUT2D eigenvalue weighted by molar-refractivity contribution is 0.167. The summed E-state index contributed by atoms with van der Waals surface area (Å²) in [4.78, 5) is 0. The summed E-state index contributed by atoms with van der Waals surface area (Å²) in [5.41, 5.74) is 9.17. The first-order valence-electron chi connectivity index (χ1n) is 11.0. The van der Waals surface area contributed by atoms with Crippen LogP contribution in [0.4, 0.5) is 0 Å². The molecule has 28 heavy (non-hydrogen) atoms. The molecule has 3 nitrogen and oxygen atoms in total. The number of ether oxygens (including phenoxy) is 2. The van der Waals surface area contributed by atoms with Crippen molar-refractivity contribution in [2.45, 2.75) is 64.2 Å². The van der Waals surface area contributed by atoms with Gasteiger partial charge in [-0.1, -0.05) is 63.5 Å². The molecular weight excluding hydrogens is 346 g/mol. The fourth-order valence-corrected chi connectivity index (χ4v) is 5.29. The first kappa shape index (κ1) is 23.0. The van der Waals surface area contributed by atoms with Crippen LogP contribution in [-0.4, -0.2) is 27.4 Å². The summed E-state index contributed by atoms with van der Waals surface area (Å²) >= 11 is 0. The Balaban J connectivity index is 2.25. The molecule has 2 atom stereocenters. The fraction of sp³-hybridized carbons (Fsp3) is 0.680. The zero-order valence-electron chi connectivity index (χ0n) is 18.2. The summed E-state index contributed by atoms with van der Waals surface area (Å²) in [6, 6.07) is 0. The minimum Gasteiger partial charge on any atom is -0.502 e. The molecule has 2 unspecified atom stereocenters. The van der Waals surface area contributed by atoms with Crippen molar-refractivity contribution in [3.05, 3.63) is 48.3 Å². The van der Waals surface area contributed by atoms with E-state index in [1.54, 1.807) is 14.2 Å². The van der Waals surface area contributed by atoms with E-state index in [1.807, 2.05) is 6.08 Å². The van der Waals surface area contributed by atoms with Crippen LogP contribution in [0.25, 0.3) is 0 Å². The lowest BCUT2D eigenvalue weighted by Gasteiger charge is -2.42. The highest BCUT2D eigenvalue weighted by Gasteiger charge is 2.38. The molecule has 158 valence electrons. The van der Waals surface area contributed by atoms with Crippen LogP contribution in [-0.2, 0) is 9.47 Å². The maximum absolute atomic E-state index is 6.42. The average Bonchev–Trinajstić information content (AvgIpc) is 3.20. The van der Waals surface area contributed by atoms with Gasteiger partial charge in [-0.2, -0.15) is 0 Å². The zero-order chi connectivity index (χ0) is 20.4. The Morgan fingerprint density at radius 3 is 2.43 bits per heavy atom. The highest BCUT2D eigenvalue weighted by atomic mass is 16.5. The topological polar surface area (TPSA) is 44.5 Å². The molecule has 0 heterocycles. The van der Waals surface area contributed by atoms with Crippen LogP contribution in [0.3, 0.4) is 0 Å². The van der Waals surface area contributed by atoms with E-state index in [0.717, 1.165) is 37.4 Å². The molecule has 2 fully saturated rings. The first-order valence-corrected chi connectivity index (χ1v) is 11.0. The standard InChI is InChI=1S/C25H41NO2/c1-5-9-24(16-23(18-27-3)15-21-10-6-7-11-21)25(19-26)13-8-12-22(17-25)14-20(2)28-4/h5,9,16,21-22H,1-2,6-8,10-15,17-19,26H2,3-4H3/b23-16-,24-9+. The Kier molecular flexibility index (Phi) is 9.53. The van der Waals surface area contributed by atoms with Crippen LogP contribution in [0.1, 0.15) is 64.2 Å². The van der Waals surface area contributed by atoms with Crippen molar-refractivity contribution in [1.29, 1.82) is 0 Å². The maximum atomic E-state index is 6.42. The molecule has 2 aliphatic carbocycles. The molecule has 0 aliphatic heterocycles. The summed E-state index contributed by atoms with van der Waals surface area (Å²) in [5.74, 6) is 2.26. The SMILES string of the molecule is C=C/C=C(\C=C(/COC)CC1CCCC1)C1(CN)CCCC(CC(=C)OC)C1. The first-order chi connectivity index (χ1) is 13.6. The van der Waals surface area contributed by atoms with Gasteiger partial charge in [0.2, 0.25) is 0 Å². The average molecular weight is 388 g/mol. The van der Waals surface area contributed by atoms with Crippen LogP contribution < -0.4 is 5.73 Å². The van der Waals surface area contributed by atoms with Crippen molar-refractivity contribution in [2.24, 2.45) is 23.0 Å². The number of hydrogen-bond donors (Lipinski definition) is 1. The molecule has 3 heteroatoms. The molecule has 2 rings (SSSR count). The van der Waals surface area contributed by atoms with Crippen molar-refractivity contribution in [2.75, 3.05) is 27.4 Å². The van der Waals surface area contributed by atoms with Crippen molar-refractivity contribution in [3.63, 3.8) is 0 Å². The second-order valence-corrected chi connectivity index (χ2v) is 8.84. The summed E-state index contributed by atoms with van der Waals surface area (Å²) in [6.07, 6.45) is 18.7. The number of nitrogens with two attached hydrogens (primary N) is 1. The van der Waals surface area contributed by atoms with Crippen LogP contribution in [0.5, 0.6) is 0 Å². The molecule has 2 N–H and O–H groups in total. The van der Waals surface area contributed by atoms with Gasteiger partial charge in [-0.05, 0) is 48.7 Å². The highest BCUT2D eigenvalue weighted by Crippen LogP contribution is 2.47. The quantitative estimate of drug-likeness (QED) is 0.352. The molecule has 2 aliphatic rings. The van der Waals surface area contributed by atoms with Crippen molar-refractivity contribution in [1.82, 2.24) is 0 Å². The van der Waals surface area contributed by atoms with Gasteiger partial charge in [-0.25, -0.2) is 0 Å². The highest BCUT2D eigenvalue weighted by molar-refractivity contribution is 5.34. The van der Waals surface area contributed by atoms with Gasteiger partial charge in [0.05, 0.1) is 19.5 Å².